The molecule has 0 bridgehead atoms. The molecule has 1 aliphatic heterocycles. The van der Waals surface area contributed by atoms with E-state index >= 15 is 0 Å². The molecule has 29 heavy (non-hydrogen) atoms. The van der Waals surface area contributed by atoms with Crippen LogP contribution in [0.1, 0.15) is 11.3 Å². The normalized spacial score (nSPS) is 14.2. The minimum absolute atomic E-state index is 0.149. The van der Waals surface area contributed by atoms with Crippen LogP contribution >= 0.6 is 35.0 Å². The van der Waals surface area contributed by atoms with Crippen LogP contribution in [0.3, 0.4) is 0 Å². The molecular weight excluding hydrogens is 436 g/mol. The Morgan fingerprint density at radius 1 is 1.00 bits per heavy atom. The Morgan fingerprint density at radius 3 is 2.52 bits per heavy atom. The van der Waals surface area contributed by atoms with Gasteiger partial charge in [-0.15, -0.1) is 11.8 Å². The number of carbonyl (C=O) groups excluding carboxylic acids is 2. The average Bonchev–Trinajstić information content (AvgIpc) is 3.27. The molecule has 4 rings (SSSR count). The lowest BCUT2D eigenvalue weighted by Crippen LogP contribution is -2.31. The highest BCUT2D eigenvalue weighted by molar-refractivity contribution is 8.03. The molecule has 0 saturated heterocycles. The van der Waals surface area contributed by atoms with Gasteiger partial charge in [0.2, 0.25) is 0 Å². The van der Waals surface area contributed by atoms with Crippen LogP contribution < -0.4 is 4.90 Å². The van der Waals surface area contributed by atoms with E-state index in [2.05, 4.69) is 0 Å². The number of carbonyl (C=O) groups is 2. The minimum Gasteiger partial charge on any atom is -0.468 e. The van der Waals surface area contributed by atoms with E-state index in [4.69, 9.17) is 27.6 Å². The first-order valence-electron chi connectivity index (χ1n) is 8.45. The average molecular weight is 448 g/mol. The molecule has 2 aromatic carbocycles. The fourth-order valence-electron chi connectivity index (χ4n) is 2.96. The monoisotopic (exact) mass is 447 g/mol. The first kappa shape index (κ1) is 19.8. The predicted octanol–water partition coefficient (Wildman–Crippen LogP) is 5.94. The summed E-state index contributed by atoms with van der Waals surface area (Å²) in [4.78, 5) is 27.5. The number of halogens is 3. The van der Waals surface area contributed by atoms with Gasteiger partial charge in [0.15, 0.2) is 0 Å². The Bertz CT molecular complexity index is 1140. The Hall–Kier alpha value is -2.54. The van der Waals surface area contributed by atoms with Crippen molar-refractivity contribution in [2.24, 2.45) is 0 Å². The largest absolute Gasteiger partial charge is 0.468 e. The van der Waals surface area contributed by atoms with Crippen molar-refractivity contribution < 1.29 is 18.4 Å². The van der Waals surface area contributed by atoms with E-state index in [1.54, 1.807) is 24.3 Å². The zero-order chi connectivity index (χ0) is 20.5. The second kappa shape index (κ2) is 8.06. The summed E-state index contributed by atoms with van der Waals surface area (Å²) >= 11 is 13.5. The smallest absolute Gasteiger partial charge is 0.272 e. The van der Waals surface area contributed by atoms with Gasteiger partial charge in [0.25, 0.3) is 11.8 Å². The Balaban J connectivity index is 1.80. The third-order valence-corrected chi connectivity index (χ3v) is 5.89. The van der Waals surface area contributed by atoms with Gasteiger partial charge in [-0.1, -0.05) is 35.3 Å². The maximum Gasteiger partial charge on any atom is 0.272 e. The van der Waals surface area contributed by atoms with E-state index in [0.29, 0.717) is 22.1 Å². The molecular formula is C21H12Cl2FNO3S. The number of benzene rings is 2. The molecule has 2 amide bonds. The van der Waals surface area contributed by atoms with Crippen LogP contribution in [-0.2, 0) is 15.3 Å². The third kappa shape index (κ3) is 3.83. The molecule has 1 aromatic heterocycles. The predicted molar refractivity (Wildman–Crippen MR) is 112 cm³/mol. The fourth-order valence-corrected chi connectivity index (χ4v) is 4.47. The van der Waals surface area contributed by atoms with Crippen LogP contribution in [0.4, 0.5) is 10.1 Å². The lowest BCUT2D eigenvalue weighted by Gasteiger charge is -2.15. The van der Waals surface area contributed by atoms with E-state index in [-0.39, 0.29) is 21.2 Å². The number of anilines is 1. The van der Waals surface area contributed by atoms with E-state index in [9.17, 15) is 14.0 Å². The van der Waals surface area contributed by atoms with Crippen LogP contribution in [0.2, 0.25) is 10.0 Å². The Morgan fingerprint density at radius 2 is 1.83 bits per heavy atom. The molecule has 2 heterocycles. The number of imide groups is 1. The lowest BCUT2D eigenvalue weighted by molar-refractivity contribution is -0.119. The van der Waals surface area contributed by atoms with Gasteiger partial charge in [0.05, 0.1) is 33.2 Å². The zero-order valence-corrected chi connectivity index (χ0v) is 17.0. The molecule has 0 fully saturated rings. The van der Waals surface area contributed by atoms with Crippen molar-refractivity contribution in [2.45, 2.75) is 5.75 Å². The van der Waals surface area contributed by atoms with Crippen LogP contribution in [0.15, 0.2) is 70.2 Å². The van der Waals surface area contributed by atoms with Gasteiger partial charge in [0.1, 0.15) is 11.6 Å². The van der Waals surface area contributed by atoms with Crippen molar-refractivity contribution in [1.29, 1.82) is 0 Å². The molecule has 0 radical (unpaired) electrons. The van der Waals surface area contributed by atoms with E-state index in [1.807, 2.05) is 0 Å². The number of hydrogen-bond acceptors (Lipinski definition) is 4. The Labute approximate surface area is 179 Å². The van der Waals surface area contributed by atoms with Crippen LogP contribution in [0, 0.1) is 5.82 Å². The second-order valence-corrected chi connectivity index (χ2v) is 7.95. The van der Waals surface area contributed by atoms with Crippen molar-refractivity contribution in [3.8, 4) is 0 Å². The molecule has 0 spiro atoms. The molecule has 3 aromatic rings. The van der Waals surface area contributed by atoms with Crippen molar-refractivity contribution in [3.05, 3.63) is 93.0 Å². The summed E-state index contributed by atoms with van der Waals surface area (Å²) in [5.74, 6) is -0.683. The van der Waals surface area contributed by atoms with Crippen LogP contribution in [0.5, 0.6) is 0 Å². The second-order valence-electron chi connectivity index (χ2n) is 6.12. The number of furan rings is 1. The highest BCUT2D eigenvalue weighted by Crippen LogP contribution is 2.42. The third-order valence-electron chi connectivity index (χ3n) is 4.25. The van der Waals surface area contributed by atoms with Gasteiger partial charge in [0, 0.05) is 10.6 Å². The summed E-state index contributed by atoms with van der Waals surface area (Å²) in [6.45, 7) is 0. The summed E-state index contributed by atoms with van der Waals surface area (Å²) in [6.07, 6.45) is 1.53. The SMILES string of the molecule is O=C1C(SCc2ccco2)=C(c2ccc(Cl)cc2Cl)C(=O)N1c1cccc(F)c1. The number of hydrogen-bond donors (Lipinski definition) is 0. The fraction of sp³-hybridized carbons (Fsp3) is 0.0476. The van der Waals surface area contributed by atoms with Gasteiger partial charge >= 0.3 is 0 Å². The molecule has 4 nitrogen and oxygen atoms in total. The molecule has 0 N–H and O–H groups in total. The van der Waals surface area contributed by atoms with Crippen LogP contribution in [-0.4, -0.2) is 11.8 Å². The Kier molecular flexibility index (Phi) is 5.50. The van der Waals surface area contributed by atoms with E-state index in [1.165, 1.54) is 30.5 Å². The molecule has 0 aliphatic carbocycles. The summed E-state index contributed by atoms with van der Waals surface area (Å²) in [5.41, 5.74) is 0.684. The summed E-state index contributed by atoms with van der Waals surface area (Å²) in [7, 11) is 0. The van der Waals surface area contributed by atoms with Crippen molar-refractivity contribution in [2.75, 3.05) is 4.90 Å². The molecule has 1 aliphatic rings. The standard InChI is InChI=1S/C21H12Cl2FNO3S/c22-12-6-7-16(17(23)9-12)18-19(29-11-15-5-2-8-28-15)21(27)25(20(18)26)14-4-1-3-13(24)10-14/h1-10H,11H2. The maximum absolute atomic E-state index is 13.7. The van der Waals surface area contributed by atoms with E-state index in [0.717, 1.165) is 22.7 Å². The summed E-state index contributed by atoms with van der Waals surface area (Å²) in [5, 5.41) is 0.647. The topological polar surface area (TPSA) is 50.5 Å². The van der Waals surface area contributed by atoms with Gasteiger partial charge in [-0.05, 0) is 42.5 Å². The highest BCUT2D eigenvalue weighted by Gasteiger charge is 2.41. The zero-order valence-electron chi connectivity index (χ0n) is 14.7. The van der Waals surface area contributed by atoms with Gasteiger partial charge < -0.3 is 4.42 Å². The van der Waals surface area contributed by atoms with Crippen molar-refractivity contribution >= 4 is 58.0 Å². The molecule has 146 valence electrons. The number of rotatable bonds is 5. The minimum atomic E-state index is -0.577. The summed E-state index contributed by atoms with van der Waals surface area (Å²) < 4.78 is 19.0. The van der Waals surface area contributed by atoms with Gasteiger partial charge in [-0.2, -0.15) is 0 Å². The number of thioether (sulfide) groups is 1. The molecule has 0 unspecified atom stereocenters. The highest BCUT2D eigenvalue weighted by atomic mass is 35.5. The number of amides is 2. The van der Waals surface area contributed by atoms with Crippen LogP contribution in [0.25, 0.3) is 5.57 Å². The lowest BCUT2D eigenvalue weighted by atomic mass is 10.1. The quantitative estimate of drug-likeness (QED) is 0.453. The maximum atomic E-state index is 13.7. The first-order valence-corrected chi connectivity index (χ1v) is 10.2. The summed E-state index contributed by atoms with van der Waals surface area (Å²) in [6, 6.07) is 13.5. The number of nitrogens with zero attached hydrogens (tertiary/aromatic N) is 1. The molecule has 0 atom stereocenters. The van der Waals surface area contributed by atoms with Gasteiger partial charge in [-0.25, -0.2) is 9.29 Å². The van der Waals surface area contributed by atoms with E-state index < -0.39 is 17.6 Å². The van der Waals surface area contributed by atoms with Crippen molar-refractivity contribution in [3.63, 3.8) is 0 Å². The molecule has 0 saturated carbocycles. The molecule has 8 heteroatoms. The first-order chi connectivity index (χ1) is 14.0. The van der Waals surface area contributed by atoms with Crippen molar-refractivity contribution in [1.82, 2.24) is 0 Å². The van der Waals surface area contributed by atoms with Gasteiger partial charge in [-0.3, -0.25) is 9.59 Å².